The molecular weight excluding hydrogens is 263 g/mol. The molecule has 0 rings (SSSR count). The zero-order valence-electron chi connectivity index (χ0n) is 7.88. The molecule has 0 aromatic heterocycles. The van der Waals surface area contributed by atoms with E-state index in [0.29, 0.717) is 6.08 Å². The summed E-state index contributed by atoms with van der Waals surface area (Å²) in [5.74, 6) is 0. The van der Waals surface area contributed by atoms with Crippen molar-refractivity contribution in [2.75, 3.05) is 0 Å². The Morgan fingerprint density at radius 3 is 1.14 bits per heavy atom. The molecule has 0 aliphatic carbocycles. The van der Waals surface area contributed by atoms with Gasteiger partial charge in [0.05, 0.1) is 0 Å². The quantitative estimate of drug-likeness (QED) is 0.250. The summed E-state index contributed by atoms with van der Waals surface area (Å²) in [5, 5.41) is 37.4. The SMILES string of the molecule is O=C(O)O.O=C([O-])[O-].[K+].[K+].[N-]=C=O.[Na+]. The Labute approximate surface area is 186 Å². The fourth-order valence-corrected chi connectivity index (χ4v) is 0. The molecule has 14 heavy (non-hydrogen) atoms. The number of isocyanates is 1. The summed E-state index contributed by atoms with van der Waals surface area (Å²) >= 11 is 0. The van der Waals surface area contributed by atoms with Crippen LogP contribution >= 0.6 is 0 Å². The first kappa shape index (κ1) is 36.0. The molecule has 2 N–H and O–H groups in total. The van der Waals surface area contributed by atoms with E-state index < -0.39 is 12.3 Å². The van der Waals surface area contributed by atoms with Gasteiger partial charge in [0.2, 0.25) is 0 Å². The summed E-state index contributed by atoms with van der Waals surface area (Å²) in [5.41, 5.74) is 0. The molecule has 0 aliphatic rings. The van der Waals surface area contributed by atoms with E-state index in [9.17, 15) is 0 Å². The van der Waals surface area contributed by atoms with Gasteiger partial charge in [0.25, 0.3) is 0 Å². The Kier molecular flexibility index (Phi) is 93.1. The molecule has 0 aromatic carbocycles. The van der Waals surface area contributed by atoms with Gasteiger partial charge in [-0.2, -0.15) is 0 Å². The number of carbonyl (C=O) groups excluding carboxylic acids is 2. The Bertz CT molecular complexity index is 139. The van der Waals surface area contributed by atoms with Gasteiger partial charge < -0.3 is 30.6 Å². The zero-order valence-corrected chi connectivity index (χ0v) is 16.1. The Balaban J connectivity index is -0.0000000156. The summed E-state index contributed by atoms with van der Waals surface area (Å²) < 4.78 is 0. The smallest absolute Gasteiger partial charge is 0.724 e. The van der Waals surface area contributed by atoms with Crippen LogP contribution in [-0.4, -0.2) is 28.6 Å². The monoisotopic (exact) mass is 265 g/mol. The van der Waals surface area contributed by atoms with Crippen molar-refractivity contribution in [3.05, 3.63) is 5.41 Å². The van der Waals surface area contributed by atoms with Crippen molar-refractivity contribution in [3.63, 3.8) is 0 Å². The minimum atomic E-state index is -2.33. The minimum Gasteiger partial charge on any atom is -0.724 e. The fourth-order valence-electron chi connectivity index (χ4n) is 0. The third-order valence-corrected chi connectivity index (χ3v) is 0. The molecule has 64 valence electrons. The van der Waals surface area contributed by atoms with Gasteiger partial charge in [-0.3, -0.25) is 4.79 Å². The van der Waals surface area contributed by atoms with E-state index in [2.05, 4.69) is 0 Å². The second kappa shape index (κ2) is 36.2. The van der Waals surface area contributed by atoms with Gasteiger partial charge in [-0.25, -0.2) is 4.79 Å². The van der Waals surface area contributed by atoms with Crippen molar-refractivity contribution in [2.45, 2.75) is 0 Å². The van der Waals surface area contributed by atoms with Crippen LogP contribution in [0.2, 0.25) is 0 Å². The predicted molar refractivity (Wildman–Crippen MR) is 25.1 cm³/mol. The van der Waals surface area contributed by atoms with Crippen LogP contribution in [0.1, 0.15) is 0 Å². The molecule has 0 saturated carbocycles. The fraction of sp³-hybridized carbons (Fsp3) is 0. The maximum atomic E-state index is 8.56. The van der Waals surface area contributed by atoms with Gasteiger partial charge in [-0.1, -0.05) is 0 Å². The minimum absolute atomic E-state index is 0. The average molecular weight is 265 g/mol. The van der Waals surface area contributed by atoms with Crippen LogP contribution in [0.3, 0.4) is 0 Å². The van der Waals surface area contributed by atoms with Crippen molar-refractivity contribution < 1.29 is 167 Å². The molecule has 8 nitrogen and oxygen atoms in total. The van der Waals surface area contributed by atoms with Crippen LogP contribution < -0.4 is 143 Å². The Hall–Kier alpha value is 2.19. The van der Waals surface area contributed by atoms with Crippen LogP contribution in [-0.2, 0) is 4.79 Å². The van der Waals surface area contributed by atoms with E-state index in [1.165, 1.54) is 0 Å². The largest absolute Gasteiger partial charge is 1.00 e. The van der Waals surface area contributed by atoms with Crippen LogP contribution in [0.25, 0.3) is 5.41 Å². The first-order valence-electron chi connectivity index (χ1n) is 1.69. The third kappa shape index (κ3) is 514. The van der Waals surface area contributed by atoms with E-state index in [1.807, 2.05) is 0 Å². The molecule has 0 aliphatic heterocycles. The molecule has 0 heterocycles. The molecule has 0 atom stereocenters. The van der Waals surface area contributed by atoms with E-state index in [-0.39, 0.29) is 132 Å². The van der Waals surface area contributed by atoms with E-state index in [0.717, 1.165) is 0 Å². The Morgan fingerprint density at radius 2 is 1.14 bits per heavy atom. The van der Waals surface area contributed by atoms with Gasteiger partial charge >= 0.3 is 138 Å². The summed E-state index contributed by atoms with van der Waals surface area (Å²) in [6, 6.07) is 0. The molecular formula is C3H2K2NNaO7. The van der Waals surface area contributed by atoms with Gasteiger partial charge in [0, 0.05) is 0 Å². The molecule has 0 radical (unpaired) electrons. The molecule has 0 saturated heterocycles. The van der Waals surface area contributed by atoms with Crippen LogP contribution in [0.4, 0.5) is 9.59 Å². The van der Waals surface area contributed by atoms with Gasteiger partial charge in [0.15, 0.2) is 0 Å². The van der Waals surface area contributed by atoms with Crippen LogP contribution in [0, 0.1) is 0 Å². The molecule has 0 spiro atoms. The topological polar surface area (TPSA) is 160 Å². The molecule has 0 fully saturated rings. The van der Waals surface area contributed by atoms with E-state index >= 15 is 0 Å². The van der Waals surface area contributed by atoms with Gasteiger partial charge in [-0.05, 0) is 12.2 Å². The number of nitrogens with zero attached hydrogens (tertiary/aromatic N) is 1. The van der Waals surface area contributed by atoms with Crippen LogP contribution in [0.5, 0.6) is 0 Å². The van der Waals surface area contributed by atoms with Gasteiger partial charge in [0.1, 0.15) is 0 Å². The van der Waals surface area contributed by atoms with Crippen molar-refractivity contribution >= 4 is 18.4 Å². The second-order valence-corrected chi connectivity index (χ2v) is 0.624. The predicted octanol–water partition coefficient (Wildman–Crippen LogP) is -11.3. The molecule has 0 unspecified atom stereocenters. The number of hydrogen-bond acceptors (Lipinski definition) is 5. The van der Waals surface area contributed by atoms with E-state index in [4.69, 9.17) is 40.2 Å². The maximum absolute atomic E-state index is 8.56. The van der Waals surface area contributed by atoms with Crippen molar-refractivity contribution in [1.29, 1.82) is 0 Å². The first-order chi connectivity index (χ1) is 4.88. The third-order valence-electron chi connectivity index (χ3n) is 0. The molecule has 0 aromatic rings. The zero-order chi connectivity index (χ0) is 9.86. The molecule has 0 amide bonds. The number of carbonyl (C=O) groups is 2. The number of rotatable bonds is 0. The van der Waals surface area contributed by atoms with Crippen LogP contribution in [0.15, 0.2) is 0 Å². The average Bonchev–Trinajstić information content (AvgIpc) is 1.60. The summed E-state index contributed by atoms with van der Waals surface area (Å²) in [6.45, 7) is 0. The summed E-state index contributed by atoms with van der Waals surface area (Å²) in [6.07, 6.45) is -3.67. The number of carboxylic acid groups (broad SMARTS) is 4. The second-order valence-electron chi connectivity index (χ2n) is 0.624. The Morgan fingerprint density at radius 1 is 1.14 bits per heavy atom. The molecule has 0 bridgehead atoms. The van der Waals surface area contributed by atoms with E-state index in [1.54, 1.807) is 0 Å². The normalized spacial score (nSPS) is 4.00. The summed E-state index contributed by atoms with van der Waals surface area (Å²) in [7, 11) is 0. The maximum Gasteiger partial charge on any atom is 1.00 e. The number of hydrogen-bond donors (Lipinski definition) is 2. The van der Waals surface area contributed by atoms with Gasteiger partial charge in [-0.15, -0.1) is 0 Å². The van der Waals surface area contributed by atoms with Crippen molar-refractivity contribution in [3.8, 4) is 0 Å². The van der Waals surface area contributed by atoms with Crippen molar-refractivity contribution in [1.82, 2.24) is 0 Å². The molecule has 11 heteroatoms. The first-order valence-corrected chi connectivity index (χ1v) is 1.69. The standard InChI is InChI=1S/CNO.2CH2O3.2K.Na/c2-1-3;2*2-1(3)4;;;/h;2*(H2,2,3,4);;;/q-1;;;3*+1/p-2. The summed E-state index contributed by atoms with van der Waals surface area (Å²) in [4.78, 5) is 25.1. The van der Waals surface area contributed by atoms with Crippen molar-refractivity contribution in [2.24, 2.45) is 0 Å².